The summed E-state index contributed by atoms with van der Waals surface area (Å²) < 4.78 is 183. The summed E-state index contributed by atoms with van der Waals surface area (Å²) in [4.78, 5) is 65.9. The summed E-state index contributed by atoms with van der Waals surface area (Å²) >= 11 is 3.32. The van der Waals surface area contributed by atoms with Crippen LogP contribution >= 0.6 is 15.9 Å². The van der Waals surface area contributed by atoms with Crippen molar-refractivity contribution in [2.24, 2.45) is 0 Å². The standard InChI is InChI=1S/C21H21F3N2O4S.C19H19BrN2O4S.C19H19FN2O4S.C19H19N3O6S/c1-14-5-4-6-15-13-30-20(27)26(19(14)15)16-9-11-25(12-10-16)31(28,29)18-8-3-2-7-17(18)21(22,23)24;2*20-15-5-7-17(8-6-15)27(24,25)21-11-9-16(10-12-21)22-18-4-2-1-3-14(18)13-26-19(22)23;23-19-21(18-7-2-1-4-14(18)13-28-19)15-8-10-20(11-9-15)29(26,27)17-6-3-5-16(12-17)22(24)25/h2-8,16H,9-13H2,1H3;2*1-8,16H,9-13H2;1-7,12,15H,8-11,13H2. The third-order valence-electron chi connectivity index (χ3n) is 21.0. The summed E-state index contributed by atoms with van der Waals surface area (Å²) in [5.74, 6) is -0.477. The van der Waals surface area contributed by atoms with Gasteiger partial charge in [-0.3, -0.25) is 29.7 Å². The second kappa shape index (κ2) is 34.3. The Balaban J connectivity index is 0.000000133. The van der Waals surface area contributed by atoms with Crippen molar-refractivity contribution in [3.8, 4) is 0 Å². The first-order valence-corrected chi connectivity index (χ1v) is 43.1. The number of anilines is 4. The molecule has 16 rings (SSSR count). The normalized spacial score (nSPS) is 18.6. The molecule has 27 nitrogen and oxygen atoms in total. The first-order chi connectivity index (χ1) is 54.4. The zero-order valence-corrected chi connectivity index (χ0v) is 66.1. The number of rotatable bonds is 13. The first kappa shape index (κ1) is 82.1. The fraction of sp³-hybridized carbons (Fsp3) is 0.333. The lowest BCUT2D eigenvalue weighted by molar-refractivity contribution is -0.385. The van der Waals surface area contributed by atoms with Gasteiger partial charge in [-0.2, -0.15) is 30.4 Å². The SMILES string of the molecule is Cc1cccc2c1N(C1CCN(S(=O)(=O)c3ccccc3C(F)(F)F)CC1)C(=O)OC2.O=C1OCc2ccccc2N1C1CCN(S(=O)(=O)c2ccc(Br)cc2)CC1.O=C1OCc2ccccc2N1C1CCN(S(=O)(=O)c2ccc(F)cc2)CC1.O=C1OCc2ccccc2N1C1CCN(S(=O)(=O)c2cccc([N+](=O)[O-])c2)CC1. The van der Waals surface area contributed by atoms with Gasteiger partial charge in [0.1, 0.15) is 32.2 Å². The second-order valence-electron chi connectivity index (χ2n) is 27.9. The van der Waals surface area contributed by atoms with E-state index in [0.29, 0.717) is 51.6 Å². The van der Waals surface area contributed by atoms with Crippen LogP contribution in [0.1, 0.15) is 84.7 Å². The molecule has 4 fully saturated rings. The Morgan fingerprint density at radius 1 is 0.404 bits per heavy atom. The van der Waals surface area contributed by atoms with Gasteiger partial charge < -0.3 is 18.9 Å². The maximum absolute atomic E-state index is 13.3. The van der Waals surface area contributed by atoms with Crippen LogP contribution in [0.25, 0.3) is 0 Å². The molecule has 4 amide bonds. The van der Waals surface area contributed by atoms with Crippen LogP contribution < -0.4 is 19.6 Å². The number of sulfonamides is 4. The highest BCUT2D eigenvalue weighted by Gasteiger charge is 2.45. The van der Waals surface area contributed by atoms with Crippen LogP contribution in [0.5, 0.6) is 0 Å². The Morgan fingerprint density at radius 2 is 0.737 bits per heavy atom. The van der Waals surface area contributed by atoms with E-state index in [9.17, 15) is 80.5 Å². The maximum Gasteiger partial charge on any atom is 0.417 e. The number of non-ortho nitro benzene ring substituents is 1. The van der Waals surface area contributed by atoms with Gasteiger partial charge in [0.05, 0.1) is 52.8 Å². The summed E-state index contributed by atoms with van der Waals surface area (Å²) in [5, 5.41) is 11.0. The van der Waals surface area contributed by atoms with Crippen LogP contribution in [0.3, 0.4) is 0 Å². The van der Waals surface area contributed by atoms with Gasteiger partial charge in [0.2, 0.25) is 40.1 Å². The number of nitrogens with zero attached hydrogens (tertiary/aromatic N) is 9. The Morgan fingerprint density at radius 3 is 1.15 bits per heavy atom. The van der Waals surface area contributed by atoms with Crippen molar-refractivity contribution in [2.75, 3.05) is 72.0 Å². The smallest absolute Gasteiger partial charge is 0.417 e. The Bertz CT molecular complexity index is 5260. The average Bonchev–Trinajstić information content (AvgIpc) is 0.769. The fourth-order valence-corrected chi connectivity index (χ4v) is 21.6. The number of hydrogen-bond acceptors (Lipinski definition) is 18. The number of halogens is 5. The van der Waals surface area contributed by atoms with E-state index in [-0.39, 0.29) is 129 Å². The number of cyclic esters (lactones) is 4. The molecule has 8 aliphatic heterocycles. The lowest BCUT2D eigenvalue weighted by Crippen LogP contribution is -2.50. The van der Waals surface area contributed by atoms with Crippen molar-refractivity contribution in [1.82, 2.24) is 17.2 Å². The number of fused-ring (bicyclic) bond motifs is 4. The Kier molecular flexibility index (Phi) is 24.7. The van der Waals surface area contributed by atoms with Crippen molar-refractivity contribution >= 4 is 109 Å². The van der Waals surface area contributed by atoms with E-state index in [1.165, 1.54) is 49.3 Å². The van der Waals surface area contributed by atoms with E-state index < -0.39 is 85.7 Å². The number of amides is 4. The zero-order valence-electron chi connectivity index (χ0n) is 61.2. The largest absolute Gasteiger partial charge is 0.444 e. The molecule has 36 heteroatoms. The number of carbonyl (C=O) groups is 4. The van der Waals surface area contributed by atoms with Crippen molar-refractivity contribution in [3.63, 3.8) is 0 Å². The molecule has 8 aromatic rings. The summed E-state index contributed by atoms with van der Waals surface area (Å²) in [6.45, 7) is 4.57. The molecular weight excluding hydrogens is 1640 g/mol. The number of alkyl halides is 3. The fourth-order valence-electron chi connectivity index (χ4n) is 15.2. The van der Waals surface area contributed by atoms with Crippen molar-refractivity contribution in [2.45, 2.75) is 135 Å². The second-order valence-corrected chi connectivity index (χ2v) is 36.5. The predicted octanol–water partition coefficient (Wildman–Crippen LogP) is 14.1. The molecule has 0 N–H and O–H groups in total. The molecule has 602 valence electrons. The van der Waals surface area contributed by atoms with Gasteiger partial charge >= 0.3 is 30.5 Å². The highest BCUT2D eigenvalue weighted by molar-refractivity contribution is 9.10. The molecule has 0 aromatic heterocycles. The highest BCUT2D eigenvalue weighted by Crippen LogP contribution is 2.41. The molecule has 8 aromatic carbocycles. The molecule has 0 aliphatic carbocycles. The molecule has 4 saturated heterocycles. The van der Waals surface area contributed by atoms with Gasteiger partial charge in [0.15, 0.2) is 0 Å². The van der Waals surface area contributed by atoms with Crippen LogP contribution in [0.4, 0.5) is 65.2 Å². The van der Waals surface area contributed by atoms with E-state index >= 15 is 0 Å². The van der Waals surface area contributed by atoms with E-state index in [4.69, 9.17) is 18.9 Å². The van der Waals surface area contributed by atoms with Crippen LogP contribution in [-0.2, 0) is 91.6 Å². The molecule has 0 spiro atoms. The lowest BCUT2D eigenvalue weighted by atomic mass is 10.00. The van der Waals surface area contributed by atoms with Crippen molar-refractivity contribution in [3.05, 3.63) is 242 Å². The summed E-state index contributed by atoms with van der Waals surface area (Å²) in [5.41, 5.74) is 6.41. The molecular formula is C78H78BrF4N9O18S4. The minimum Gasteiger partial charge on any atom is -0.444 e. The van der Waals surface area contributed by atoms with Gasteiger partial charge in [-0.05, 0) is 149 Å². The van der Waals surface area contributed by atoms with E-state index in [0.717, 1.165) is 95.7 Å². The lowest BCUT2D eigenvalue weighted by Gasteiger charge is -2.40. The number of hydrogen-bond donors (Lipinski definition) is 0. The molecule has 0 unspecified atom stereocenters. The zero-order chi connectivity index (χ0) is 81.0. The van der Waals surface area contributed by atoms with Crippen molar-refractivity contribution in [1.29, 1.82) is 0 Å². The van der Waals surface area contributed by atoms with Crippen LogP contribution in [0.2, 0.25) is 0 Å². The molecule has 114 heavy (non-hydrogen) atoms. The Hall–Kier alpha value is -9.92. The minimum atomic E-state index is -4.78. The van der Waals surface area contributed by atoms with E-state index in [1.54, 1.807) is 43.9 Å². The molecule has 0 atom stereocenters. The van der Waals surface area contributed by atoms with Gasteiger partial charge in [0, 0.05) is 115 Å². The van der Waals surface area contributed by atoms with Crippen molar-refractivity contribution < 1.29 is 94.3 Å². The van der Waals surface area contributed by atoms with Crippen LogP contribution in [-0.4, -0.2) is 157 Å². The summed E-state index contributed by atoms with van der Waals surface area (Å²) in [6, 6.07) is 48.4. The maximum atomic E-state index is 13.3. The van der Waals surface area contributed by atoms with E-state index in [2.05, 4.69) is 15.9 Å². The quantitative estimate of drug-likeness (QED) is 0.0448. The van der Waals surface area contributed by atoms with Gasteiger partial charge in [-0.15, -0.1) is 0 Å². The van der Waals surface area contributed by atoms with E-state index in [1.807, 2.05) is 97.9 Å². The number of piperidine rings is 4. The third-order valence-corrected chi connectivity index (χ3v) is 29.2. The molecule has 8 heterocycles. The summed E-state index contributed by atoms with van der Waals surface area (Å²) in [6.07, 6.45) is -2.85. The molecule has 8 aliphatic rings. The number of ether oxygens (including phenoxy) is 4. The van der Waals surface area contributed by atoms with Crippen LogP contribution in [0, 0.1) is 22.9 Å². The third kappa shape index (κ3) is 17.5. The topological polar surface area (TPSA) is 311 Å². The number of para-hydroxylation sites is 4. The van der Waals surface area contributed by atoms with Gasteiger partial charge in [0.25, 0.3) is 5.69 Å². The monoisotopic (exact) mass is 1710 g/mol. The van der Waals surface area contributed by atoms with Crippen LogP contribution in [0.15, 0.2) is 212 Å². The number of benzene rings is 8. The summed E-state index contributed by atoms with van der Waals surface area (Å²) in [7, 11) is -15.4. The molecule has 0 saturated carbocycles. The Labute approximate surface area is 664 Å². The predicted molar refractivity (Wildman–Crippen MR) is 413 cm³/mol. The van der Waals surface area contributed by atoms with Gasteiger partial charge in [-0.1, -0.05) is 107 Å². The average molecular weight is 1710 g/mol. The molecule has 0 radical (unpaired) electrons. The molecule has 0 bridgehead atoms. The number of nitro benzene ring substituents is 1. The highest BCUT2D eigenvalue weighted by atomic mass is 79.9. The van der Waals surface area contributed by atoms with Gasteiger partial charge in [-0.25, -0.2) is 57.2 Å². The number of nitro groups is 1. The number of carbonyl (C=O) groups excluding carboxylic acids is 4. The minimum absolute atomic E-state index is 0.00415. The first-order valence-electron chi connectivity index (χ1n) is 36.5. The number of aryl methyl sites for hydroxylation is 1.